The highest BCUT2D eigenvalue weighted by Gasteiger charge is 2.21. The van der Waals surface area contributed by atoms with Gasteiger partial charge in [0.05, 0.1) is 11.3 Å². The minimum Gasteiger partial charge on any atom is -0.367 e. The Morgan fingerprint density at radius 2 is 1.52 bits per heavy atom. The summed E-state index contributed by atoms with van der Waals surface area (Å²) in [7, 11) is -3.94. The number of nitrogens with two attached hydrogens (primary N) is 1. The van der Waals surface area contributed by atoms with Gasteiger partial charge in [-0.15, -0.1) is 0 Å². The molecule has 0 aromatic rings. The molecule has 0 saturated heterocycles. The fourth-order valence-electron chi connectivity index (χ4n) is 2.29. The summed E-state index contributed by atoms with van der Waals surface area (Å²) in [6.45, 7) is 4.07. The summed E-state index contributed by atoms with van der Waals surface area (Å²) in [6.07, 6.45) is 15.9. The molecule has 6 heteroatoms. The van der Waals surface area contributed by atoms with E-state index in [1.165, 1.54) is 0 Å². The van der Waals surface area contributed by atoms with E-state index in [9.17, 15) is 8.42 Å². The molecule has 0 aromatic heterocycles. The first-order valence-corrected chi connectivity index (χ1v) is 9.09. The Kier molecular flexibility index (Phi) is 5.10. The predicted octanol–water partition coefficient (Wildman–Crippen LogP) is 2.31. The van der Waals surface area contributed by atoms with Crippen molar-refractivity contribution in [1.29, 1.82) is 0 Å². The van der Waals surface area contributed by atoms with Crippen LogP contribution in [0.15, 0.2) is 59.8 Å². The molecule has 2 aliphatic carbocycles. The normalized spacial score (nSPS) is 21.9. The van der Waals surface area contributed by atoms with Gasteiger partial charge in [0, 0.05) is 6.61 Å². The third kappa shape index (κ3) is 5.58. The molecule has 23 heavy (non-hydrogen) atoms. The van der Waals surface area contributed by atoms with E-state index in [1.54, 1.807) is 0 Å². The average molecular weight is 337 g/mol. The van der Waals surface area contributed by atoms with E-state index in [1.807, 2.05) is 62.5 Å². The maximum absolute atomic E-state index is 10.7. The Labute approximate surface area is 137 Å². The lowest BCUT2D eigenvalue weighted by molar-refractivity contribution is 0.0420. The molecule has 3 N–H and O–H groups in total. The van der Waals surface area contributed by atoms with Crippen LogP contribution in [0, 0.1) is 0 Å². The van der Waals surface area contributed by atoms with Gasteiger partial charge in [0.2, 0.25) is 0 Å². The molecule has 0 saturated carbocycles. The van der Waals surface area contributed by atoms with Gasteiger partial charge in [0.15, 0.2) is 0 Å². The summed E-state index contributed by atoms with van der Waals surface area (Å²) < 4.78 is 35.9. The summed E-state index contributed by atoms with van der Waals surface area (Å²) in [5.74, 6) is -0.300. The van der Waals surface area contributed by atoms with Crippen LogP contribution in [-0.2, 0) is 14.9 Å². The summed E-state index contributed by atoms with van der Waals surface area (Å²) >= 11 is 0. The number of ether oxygens (including phenoxy) is 1. The third-order valence-corrected chi connectivity index (χ3v) is 4.53. The minimum atomic E-state index is -3.94. The molecule has 0 fully saturated rings. The fourth-order valence-corrected chi connectivity index (χ4v) is 2.77. The van der Waals surface area contributed by atoms with Crippen molar-refractivity contribution >= 4 is 10.1 Å². The molecule has 2 aliphatic rings. The van der Waals surface area contributed by atoms with Crippen LogP contribution < -0.4 is 5.73 Å². The van der Waals surface area contributed by atoms with Crippen LogP contribution in [0.3, 0.4) is 0 Å². The van der Waals surface area contributed by atoms with E-state index in [0.29, 0.717) is 0 Å². The second-order valence-corrected chi connectivity index (χ2v) is 7.85. The van der Waals surface area contributed by atoms with Crippen molar-refractivity contribution < 1.29 is 17.7 Å². The maximum atomic E-state index is 10.7. The van der Waals surface area contributed by atoms with Crippen molar-refractivity contribution in [2.75, 3.05) is 12.4 Å². The third-order valence-electron chi connectivity index (χ3n) is 3.72. The van der Waals surface area contributed by atoms with E-state index in [2.05, 4.69) is 0 Å². The number of allylic oxidation sites excluding steroid dienone is 6. The Balaban J connectivity index is 2.04. The SMILES string of the molecule is CC1(N)C=CC2=C(C=C1)C=CC(C)(OCCCS(=O)(=O)O)C=C2. The molecular formula is C17H23NO4S. The van der Waals surface area contributed by atoms with Gasteiger partial charge < -0.3 is 10.5 Å². The second-order valence-electron chi connectivity index (χ2n) is 6.28. The Morgan fingerprint density at radius 1 is 1.04 bits per heavy atom. The van der Waals surface area contributed by atoms with E-state index >= 15 is 0 Å². The molecule has 0 radical (unpaired) electrons. The monoisotopic (exact) mass is 337 g/mol. The number of hydrogen-bond donors (Lipinski definition) is 2. The van der Waals surface area contributed by atoms with Crippen LogP contribution in [0.25, 0.3) is 0 Å². The molecule has 2 rings (SSSR count). The highest BCUT2D eigenvalue weighted by Crippen LogP contribution is 2.26. The standard InChI is InChI=1S/C17H23NO4S/c1-16(18)8-4-14-6-10-17(2,11-7-15(14)5-9-16)22-12-3-13-23(19,20)21/h4-11H,3,12-13,18H2,1-2H3,(H,19,20,21). The Bertz CT molecular complexity index is 673. The van der Waals surface area contributed by atoms with Crippen molar-refractivity contribution in [3.05, 3.63) is 59.8 Å². The van der Waals surface area contributed by atoms with E-state index < -0.39 is 21.3 Å². The molecule has 0 spiro atoms. The molecule has 0 aromatic carbocycles. The summed E-state index contributed by atoms with van der Waals surface area (Å²) in [5, 5.41) is 0. The smallest absolute Gasteiger partial charge is 0.264 e. The molecule has 126 valence electrons. The van der Waals surface area contributed by atoms with Gasteiger partial charge in [-0.1, -0.05) is 36.5 Å². The largest absolute Gasteiger partial charge is 0.367 e. The zero-order valence-corrected chi connectivity index (χ0v) is 14.2. The van der Waals surface area contributed by atoms with Gasteiger partial charge >= 0.3 is 0 Å². The molecular weight excluding hydrogens is 314 g/mol. The highest BCUT2D eigenvalue weighted by molar-refractivity contribution is 7.85. The quantitative estimate of drug-likeness (QED) is 0.593. The lowest BCUT2D eigenvalue weighted by Gasteiger charge is -2.22. The molecule has 0 unspecified atom stereocenters. The predicted molar refractivity (Wildman–Crippen MR) is 91.6 cm³/mol. The molecule has 0 aliphatic heterocycles. The van der Waals surface area contributed by atoms with Crippen LogP contribution in [0.5, 0.6) is 0 Å². The van der Waals surface area contributed by atoms with Crippen LogP contribution in [-0.4, -0.2) is 36.5 Å². The van der Waals surface area contributed by atoms with Crippen LogP contribution in [0.1, 0.15) is 20.3 Å². The second kappa shape index (κ2) is 6.57. The van der Waals surface area contributed by atoms with E-state index in [4.69, 9.17) is 15.0 Å². The minimum absolute atomic E-state index is 0.238. The van der Waals surface area contributed by atoms with Gasteiger partial charge in [-0.2, -0.15) is 8.42 Å². The van der Waals surface area contributed by atoms with Crippen LogP contribution in [0.4, 0.5) is 0 Å². The van der Waals surface area contributed by atoms with Gasteiger partial charge in [-0.3, -0.25) is 4.55 Å². The lowest BCUT2D eigenvalue weighted by Crippen LogP contribution is -2.30. The van der Waals surface area contributed by atoms with Crippen molar-refractivity contribution in [2.45, 2.75) is 31.4 Å². The number of rotatable bonds is 5. The first kappa shape index (κ1) is 17.9. The topological polar surface area (TPSA) is 89.6 Å². The van der Waals surface area contributed by atoms with Crippen LogP contribution >= 0.6 is 0 Å². The molecule has 0 atom stereocenters. The summed E-state index contributed by atoms with van der Waals surface area (Å²) in [6, 6.07) is 0. The van der Waals surface area contributed by atoms with Crippen molar-refractivity contribution in [2.24, 2.45) is 5.73 Å². The summed E-state index contributed by atoms with van der Waals surface area (Å²) in [4.78, 5) is 0. The maximum Gasteiger partial charge on any atom is 0.264 e. The van der Waals surface area contributed by atoms with E-state index in [-0.39, 0.29) is 18.8 Å². The highest BCUT2D eigenvalue weighted by atomic mass is 32.2. The molecule has 0 amide bonds. The van der Waals surface area contributed by atoms with Gasteiger partial charge in [-0.05, 0) is 43.6 Å². The average Bonchev–Trinajstić information content (AvgIpc) is 2.67. The van der Waals surface area contributed by atoms with Gasteiger partial charge in [-0.25, -0.2) is 0 Å². The van der Waals surface area contributed by atoms with Crippen LogP contribution in [0.2, 0.25) is 0 Å². The van der Waals surface area contributed by atoms with E-state index in [0.717, 1.165) is 11.1 Å². The van der Waals surface area contributed by atoms with Crippen molar-refractivity contribution in [3.8, 4) is 0 Å². The zero-order valence-electron chi connectivity index (χ0n) is 13.4. The number of hydrogen-bond acceptors (Lipinski definition) is 4. The molecule has 0 bridgehead atoms. The fraction of sp³-hybridized carbons (Fsp3) is 0.412. The first-order valence-electron chi connectivity index (χ1n) is 7.48. The van der Waals surface area contributed by atoms with Gasteiger partial charge in [0.25, 0.3) is 10.1 Å². The lowest BCUT2D eigenvalue weighted by atomic mass is 10.0. The Hall–Kier alpha value is -1.47. The van der Waals surface area contributed by atoms with Crippen molar-refractivity contribution in [1.82, 2.24) is 0 Å². The Morgan fingerprint density at radius 3 is 2.00 bits per heavy atom. The molecule has 5 nitrogen and oxygen atoms in total. The first-order chi connectivity index (χ1) is 10.6. The zero-order chi connectivity index (χ0) is 17.1. The molecule has 0 heterocycles. The summed E-state index contributed by atoms with van der Waals surface area (Å²) in [5.41, 5.74) is 7.08. The van der Waals surface area contributed by atoms with Crippen molar-refractivity contribution in [3.63, 3.8) is 0 Å². The van der Waals surface area contributed by atoms with Gasteiger partial charge in [0.1, 0.15) is 5.60 Å².